The Bertz CT molecular complexity index is 483. The minimum Gasteiger partial charge on any atom is -0.481 e. The van der Waals surface area contributed by atoms with E-state index in [0.717, 1.165) is 17.7 Å². The van der Waals surface area contributed by atoms with Crippen LogP contribution in [-0.4, -0.2) is 29.7 Å². The maximum atomic E-state index is 12.0. The molecule has 0 radical (unpaired) electrons. The Morgan fingerprint density at radius 2 is 2.05 bits per heavy atom. The molecule has 0 spiro atoms. The zero-order valence-corrected chi connectivity index (χ0v) is 11.5. The Balaban J connectivity index is 1.87. The van der Waals surface area contributed by atoms with Crippen molar-refractivity contribution in [2.75, 3.05) is 11.9 Å². The van der Waals surface area contributed by atoms with Gasteiger partial charge in [-0.05, 0) is 37.5 Å². The van der Waals surface area contributed by atoms with Crippen molar-refractivity contribution in [1.82, 2.24) is 0 Å². The first-order chi connectivity index (χ1) is 9.54. The van der Waals surface area contributed by atoms with E-state index in [1.165, 1.54) is 0 Å². The standard InChI is InChI=1S/C15H19NO4/c1-10-8-12(9-20-10)15(19)16-13-5-2-11(3-6-13)4-7-14(17)18/h2-3,5-6,10,12H,4,7-9H2,1H3,(H,16,19)(H,17,18). The Hall–Kier alpha value is -1.88. The van der Waals surface area contributed by atoms with Crippen LogP contribution in [0.25, 0.3) is 0 Å². The van der Waals surface area contributed by atoms with E-state index in [0.29, 0.717) is 13.0 Å². The van der Waals surface area contributed by atoms with Gasteiger partial charge < -0.3 is 15.2 Å². The molecule has 5 nitrogen and oxygen atoms in total. The van der Waals surface area contributed by atoms with Crippen LogP contribution in [0.4, 0.5) is 5.69 Å². The van der Waals surface area contributed by atoms with Gasteiger partial charge in [-0.3, -0.25) is 9.59 Å². The lowest BCUT2D eigenvalue weighted by Gasteiger charge is -2.10. The molecule has 1 aromatic rings. The van der Waals surface area contributed by atoms with E-state index < -0.39 is 5.97 Å². The average molecular weight is 277 g/mol. The van der Waals surface area contributed by atoms with Gasteiger partial charge in [0.1, 0.15) is 0 Å². The molecule has 1 aromatic carbocycles. The smallest absolute Gasteiger partial charge is 0.303 e. The molecule has 0 bridgehead atoms. The number of rotatable bonds is 5. The topological polar surface area (TPSA) is 75.6 Å². The number of amides is 1. The number of carbonyl (C=O) groups excluding carboxylic acids is 1. The van der Waals surface area contributed by atoms with E-state index in [2.05, 4.69) is 5.32 Å². The fraction of sp³-hybridized carbons (Fsp3) is 0.467. The molecule has 0 aliphatic carbocycles. The molecule has 1 aliphatic heterocycles. The molecule has 1 amide bonds. The van der Waals surface area contributed by atoms with Crippen molar-refractivity contribution in [3.8, 4) is 0 Å². The number of benzene rings is 1. The molecular weight excluding hydrogens is 258 g/mol. The number of aryl methyl sites for hydroxylation is 1. The largest absolute Gasteiger partial charge is 0.481 e. The second kappa shape index (κ2) is 6.52. The first-order valence-electron chi connectivity index (χ1n) is 6.78. The van der Waals surface area contributed by atoms with Crippen LogP contribution < -0.4 is 5.32 Å². The van der Waals surface area contributed by atoms with Crippen molar-refractivity contribution in [1.29, 1.82) is 0 Å². The first kappa shape index (κ1) is 14.5. The summed E-state index contributed by atoms with van der Waals surface area (Å²) >= 11 is 0. The second-order valence-corrected chi connectivity index (χ2v) is 5.16. The highest BCUT2D eigenvalue weighted by atomic mass is 16.5. The van der Waals surface area contributed by atoms with Gasteiger partial charge in [0.2, 0.25) is 5.91 Å². The summed E-state index contributed by atoms with van der Waals surface area (Å²) in [7, 11) is 0. The molecule has 1 fully saturated rings. The number of aliphatic carboxylic acids is 1. The fourth-order valence-corrected chi connectivity index (χ4v) is 2.25. The van der Waals surface area contributed by atoms with E-state index in [1.807, 2.05) is 19.1 Å². The Kier molecular flexibility index (Phi) is 4.74. The maximum absolute atomic E-state index is 12.0. The molecule has 2 unspecified atom stereocenters. The summed E-state index contributed by atoms with van der Waals surface area (Å²) < 4.78 is 5.38. The van der Waals surface area contributed by atoms with Crippen molar-refractivity contribution >= 4 is 17.6 Å². The number of carbonyl (C=O) groups is 2. The van der Waals surface area contributed by atoms with Gasteiger partial charge in [-0.25, -0.2) is 0 Å². The van der Waals surface area contributed by atoms with Crippen LogP contribution in [0.1, 0.15) is 25.3 Å². The summed E-state index contributed by atoms with van der Waals surface area (Å²) in [6.45, 7) is 2.44. The van der Waals surface area contributed by atoms with Crippen LogP contribution >= 0.6 is 0 Å². The lowest BCUT2D eigenvalue weighted by Crippen LogP contribution is -2.23. The highest BCUT2D eigenvalue weighted by molar-refractivity contribution is 5.92. The SMILES string of the molecule is CC1CC(C(=O)Nc2ccc(CCC(=O)O)cc2)CO1. The van der Waals surface area contributed by atoms with Crippen LogP contribution in [-0.2, 0) is 20.7 Å². The van der Waals surface area contributed by atoms with E-state index in [1.54, 1.807) is 12.1 Å². The van der Waals surface area contributed by atoms with E-state index in [-0.39, 0.29) is 24.3 Å². The first-order valence-corrected chi connectivity index (χ1v) is 6.78. The van der Waals surface area contributed by atoms with Crippen LogP contribution in [0.2, 0.25) is 0 Å². The molecule has 1 aliphatic rings. The predicted octanol–water partition coefficient (Wildman–Crippen LogP) is 2.07. The van der Waals surface area contributed by atoms with E-state index >= 15 is 0 Å². The third kappa shape index (κ3) is 4.06. The van der Waals surface area contributed by atoms with Crippen molar-refractivity contribution in [2.24, 2.45) is 5.92 Å². The number of hydrogen-bond donors (Lipinski definition) is 2. The summed E-state index contributed by atoms with van der Waals surface area (Å²) in [4.78, 5) is 22.5. The molecule has 0 saturated carbocycles. The van der Waals surface area contributed by atoms with Crippen LogP contribution in [0.5, 0.6) is 0 Å². The summed E-state index contributed by atoms with van der Waals surface area (Å²) in [6, 6.07) is 7.28. The number of nitrogens with one attached hydrogen (secondary N) is 1. The zero-order chi connectivity index (χ0) is 14.5. The lowest BCUT2D eigenvalue weighted by molar-refractivity contribution is -0.137. The molecule has 1 saturated heterocycles. The number of ether oxygens (including phenoxy) is 1. The number of hydrogen-bond acceptors (Lipinski definition) is 3. The van der Waals surface area contributed by atoms with Crippen molar-refractivity contribution < 1.29 is 19.4 Å². The quantitative estimate of drug-likeness (QED) is 0.864. The van der Waals surface area contributed by atoms with Gasteiger partial charge in [0.15, 0.2) is 0 Å². The van der Waals surface area contributed by atoms with E-state index in [4.69, 9.17) is 9.84 Å². The summed E-state index contributed by atoms with van der Waals surface area (Å²) in [5, 5.41) is 11.5. The molecule has 2 atom stereocenters. The van der Waals surface area contributed by atoms with Gasteiger partial charge in [-0.15, -0.1) is 0 Å². The van der Waals surface area contributed by atoms with Gasteiger partial charge in [-0.2, -0.15) is 0 Å². The zero-order valence-electron chi connectivity index (χ0n) is 11.5. The third-order valence-electron chi connectivity index (χ3n) is 3.42. The fourth-order valence-electron chi connectivity index (χ4n) is 2.25. The van der Waals surface area contributed by atoms with Gasteiger partial charge in [0.05, 0.1) is 18.6 Å². The Morgan fingerprint density at radius 1 is 1.35 bits per heavy atom. The highest BCUT2D eigenvalue weighted by Crippen LogP contribution is 2.21. The molecule has 108 valence electrons. The summed E-state index contributed by atoms with van der Waals surface area (Å²) in [6.07, 6.45) is 1.51. The number of carboxylic acids is 1. The highest BCUT2D eigenvalue weighted by Gasteiger charge is 2.28. The number of anilines is 1. The Labute approximate surface area is 117 Å². The molecule has 2 rings (SSSR count). The van der Waals surface area contributed by atoms with Gasteiger partial charge >= 0.3 is 5.97 Å². The second-order valence-electron chi connectivity index (χ2n) is 5.16. The van der Waals surface area contributed by atoms with Crippen molar-refractivity contribution in [2.45, 2.75) is 32.3 Å². The van der Waals surface area contributed by atoms with Crippen molar-refractivity contribution in [3.05, 3.63) is 29.8 Å². The van der Waals surface area contributed by atoms with E-state index in [9.17, 15) is 9.59 Å². The maximum Gasteiger partial charge on any atom is 0.303 e. The molecule has 5 heteroatoms. The molecule has 20 heavy (non-hydrogen) atoms. The van der Waals surface area contributed by atoms with Gasteiger partial charge in [0, 0.05) is 12.1 Å². The lowest BCUT2D eigenvalue weighted by atomic mass is 10.1. The summed E-state index contributed by atoms with van der Waals surface area (Å²) in [5.74, 6) is -0.915. The predicted molar refractivity (Wildman–Crippen MR) is 74.5 cm³/mol. The molecule has 0 aromatic heterocycles. The van der Waals surface area contributed by atoms with Crippen LogP contribution in [0.3, 0.4) is 0 Å². The summed E-state index contributed by atoms with van der Waals surface area (Å²) in [5.41, 5.74) is 1.68. The molecule has 2 N–H and O–H groups in total. The average Bonchev–Trinajstić information content (AvgIpc) is 2.85. The normalized spacial score (nSPS) is 21.6. The van der Waals surface area contributed by atoms with Crippen LogP contribution in [0.15, 0.2) is 24.3 Å². The van der Waals surface area contributed by atoms with Crippen molar-refractivity contribution in [3.63, 3.8) is 0 Å². The third-order valence-corrected chi connectivity index (χ3v) is 3.42. The Morgan fingerprint density at radius 3 is 2.60 bits per heavy atom. The van der Waals surface area contributed by atoms with Gasteiger partial charge in [-0.1, -0.05) is 12.1 Å². The van der Waals surface area contributed by atoms with Crippen LogP contribution in [0, 0.1) is 5.92 Å². The minimum atomic E-state index is -0.808. The minimum absolute atomic E-state index is 0.0207. The monoisotopic (exact) mass is 277 g/mol. The molecule has 1 heterocycles. The number of carboxylic acid groups (broad SMARTS) is 1. The van der Waals surface area contributed by atoms with Gasteiger partial charge in [0.25, 0.3) is 0 Å². The molecular formula is C15H19NO4.